The molecule has 0 amide bonds. The van der Waals surface area contributed by atoms with Crippen molar-refractivity contribution in [2.75, 3.05) is 38.3 Å². The van der Waals surface area contributed by atoms with Gasteiger partial charge in [0, 0.05) is 32.7 Å². The molecule has 32 heavy (non-hydrogen) atoms. The average Bonchev–Trinajstić information content (AvgIpc) is 3.21. The van der Waals surface area contributed by atoms with E-state index in [-0.39, 0.29) is 11.4 Å². The molecule has 0 bridgehead atoms. The van der Waals surface area contributed by atoms with Gasteiger partial charge < -0.3 is 14.7 Å². The predicted molar refractivity (Wildman–Crippen MR) is 127 cm³/mol. The fraction of sp³-hybridized carbons (Fsp3) is 0.696. The van der Waals surface area contributed by atoms with Crippen LogP contribution in [0.4, 0.5) is 5.13 Å². The Morgan fingerprint density at radius 3 is 2.84 bits per heavy atom. The first-order chi connectivity index (χ1) is 15.4. The second-order valence-electron chi connectivity index (χ2n) is 9.82. The van der Waals surface area contributed by atoms with Crippen molar-refractivity contribution in [2.24, 2.45) is 17.3 Å². The van der Waals surface area contributed by atoms with Crippen LogP contribution in [0.2, 0.25) is 0 Å². The van der Waals surface area contributed by atoms with Gasteiger partial charge in [0.25, 0.3) is 0 Å². The third kappa shape index (κ3) is 4.42. The lowest BCUT2D eigenvalue weighted by molar-refractivity contribution is 0.0968. The topological polar surface area (TPSA) is 91.8 Å². The van der Waals surface area contributed by atoms with E-state index in [1.807, 2.05) is 0 Å². The Balaban J connectivity index is 1.30. The number of sulfonamides is 1. The Bertz CT molecular complexity index is 1060. The van der Waals surface area contributed by atoms with Crippen molar-refractivity contribution in [3.05, 3.63) is 18.2 Å². The van der Waals surface area contributed by atoms with Crippen LogP contribution in [0.1, 0.15) is 44.9 Å². The zero-order valence-electron chi connectivity index (χ0n) is 18.6. The Kier molecular flexibility index (Phi) is 6.22. The Hall–Kier alpha value is -1.26. The second kappa shape index (κ2) is 8.83. The molecule has 9 heteroatoms. The number of fused-ring (bicyclic) bond motifs is 1. The van der Waals surface area contributed by atoms with Crippen molar-refractivity contribution in [3.63, 3.8) is 0 Å². The molecule has 1 aromatic carbocycles. The molecule has 2 aromatic rings. The number of thiazole rings is 1. The molecule has 1 aromatic heterocycles. The Morgan fingerprint density at radius 1 is 1.34 bits per heavy atom. The average molecular weight is 480 g/mol. The third-order valence-corrected chi connectivity index (χ3v) is 10.1. The summed E-state index contributed by atoms with van der Waals surface area (Å²) >= 11 is 1.57. The van der Waals surface area contributed by atoms with Crippen LogP contribution in [-0.4, -0.2) is 58.0 Å². The first-order valence-corrected chi connectivity index (χ1v) is 14.0. The summed E-state index contributed by atoms with van der Waals surface area (Å²) in [6, 6.07) is 5.16. The maximum Gasteiger partial charge on any atom is 0.240 e. The molecule has 5 rings (SSSR count). The van der Waals surface area contributed by atoms with Crippen molar-refractivity contribution in [2.45, 2.75) is 55.9 Å². The maximum atomic E-state index is 12.8. The van der Waals surface area contributed by atoms with Gasteiger partial charge in [-0.1, -0.05) is 24.2 Å². The summed E-state index contributed by atoms with van der Waals surface area (Å²) in [7, 11) is -1.83. The summed E-state index contributed by atoms with van der Waals surface area (Å²) < 4.78 is 34.6. The van der Waals surface area contributed by atoms with Gasteiger partial charge in [0.2, 0.25) is 10.0 Å². The van der Waals surface area contributed by atoms with E-state index < -0.39 is 16.1 Å². The van der Waals surface area contributed by atoms with Gasteiger partial charge in [0.15, 0.2) is 5.13 Å². The molecule has 7 nitrogen and oxygen atoms in total. The van der Waals surface area contributed by atoms with Crippen LogP contribution in [0.3, 0.4) is 0 Å². The summed E-state index contributed by atoms with van der Waals surface area (Å²) in [5, 5.41) is 11.0. The van der Waals surface area contributed by atoms with Crippen molar-refractivity contribution >= 4 is 36.7 Å². The van der Waals surface area contributed by atoms with Gasteiger partial charge in [-0.2, -0.15) is 0 Å². The number of rotatable bonds is 9. The SMILES string of the molecule is COCC1CN(c2nc3ccc(S(=O)(=O)NCCC(O)C4CC4)cc3s2)CC12CCCC2. The standard InChI is InChI=1S/C23H33N3O4S2/c1-30-14-17-13-26(15-23(17)9-2-3-10-23)22-25-19-7-6-18(12-21(19)31-22)32(28,29)24-11-8-20(27)16-4-5-16/h6-7,12,16-17,20,24,27H,2-5,8-11,13-15H2,1H3. The molecular weight excluding hydrogens is 446 g/mol. The number of nitrogens with zero attached hydrogens (tertiary/aromatic N) is 2. The number of nitrogens with one attached hydrogen (secondary N) is 1. The highest BCUT2D eigenvalue weighted by Gasteiger charge is 2.48. The molecule has 2 unspecified atom stereocenters. The lowest BCUT2D eigenvalue weighted by atomic mass is 9.77. The smallest absolute Gasteiger partial charge is 0.240 e. The molecular formula is C23H33N3O4S2. The third-order valence-electron chi connectivity index (χ3n) is 7.61. The van der Waals surface area contributed by atoms with Crippen LogP contribution in [0.25, 0.3) is 10.2 Å². The van der Waals surface area contributed by atoms with Gasteiger partial charge in [0.05, 0.1) is 27.8 Å². The molecule has 176 valence electrons. The van der Waals surface area contributed by atoms with Crippen molar-refractivity contribution < 1.29 is 18.3 Å². The number of hydrogen-bond donors (Lipinski definition) is 2. The Morgan fingerprint density at radius 2 is 2.12 bits per heavy atom. The number of ether oxygens (including phenoxy) is 1. The van der Waals surface area contributed by atoms with Crippen LogP contribution in [0.15, 0.2) is 23.1 Å². The fourth-order valence-electron chi connectivity index (χ4n) is 5.59. The molecule has 3 aliphatic rings. The van der Waals surface area contributed by atoms with E-state index in [4.69, 9.17) is 9.72 Å². The molecule has 2 heterocycles. The van der Waals surface area contributed by atoms with Crippen molar-refractivity contribution in [3.8, 4) is 0 Å². The van der Waals surface area contributed by atoms with Gasteiger partial charge in [-0.15, -0.1) is 0 Å². The molecule has 1 spiro atoms. The molecule has 0 radical (unpaired) electrons. The normalized spacial score (nSPS) is 24.1. The lowest BCUT2D eigenvalue weighted by Gasteiger charge is -2.29. The highest BCUT2D eigenvalue weighted by atomic mass is 32.2. The summed E-state index contributed by atoms with van der Waals surface area (Å²) in [5.41, 5.74) is 1.17. The number of anilines is 1. The van der Waals surface area contributed by atoms with Gasteiger partial charge in [0.1, 0.15) is 0 Å². The highest BCUT2D eigenvalue weighted by molar-refractivity contribution is 7.89. The molecule has 2 atom stereocenters. The molecule has 1 saturated heterocycles. The maximum absolute atomic E-state index is 12.8. The lowest BCUT2D eigenvalue weighted by Crippen LogP contribution is -2.29. The fourth-order valence-corrected chi connectivity index (χ4v) is 7.75. The number of aliphatic hydroxyl groups excluding tert-OH is 1. The first kappa shape index (κ1) is 22.5. The number of hydrogen-bond acceptors (Lipinski definition) is 7. The number of aliphatic hydroxyl groups is 1. The Labute approximate surface area is 194 Å². The van der Waals surface area contributed by atoms with Crippen molar-refractivity contribution in [1.82, 2.24) is 9.71 Å². The van der Waals surface area contributed by atoms with E-state index in [9.17, 15) is 13.5 Å². The zero-order chi connectivity index (χ0) is 22.3. The first-order valence-electron chi connectivity index (χ1n) is 11.7. The molecule has 3 fully saturated rings. The summed E-state index contributed by atoms with van der Waals surface area (Å²) in [5.74, 6) is 0.872. The molecule has 2 saturated carbocycles. The highest BCUT2D eigenvalue weighted by Crippen LogP contribution is 2.50. The molecule has 2 aliphatic carbocycles. The quantitative estimate of drug-likeness (QED) is 0.573. The largest absolute Gasteiger partial charge is 0.393 e. The number of benzene rings is 1. The molecule has 1 aliphatic heterocycles. The second-order valence-corrected chi connectivity index (χ2v) is 12.6. The minimum Gasteiger partial charge on any atom is -0.393 e. The van der Waals surface area contributed by atoms with Crippen molar-refractivity contribution in [1.29, 1.82) is 0 Å². The van der Waals surface area contributed by atoms with Gasteiger partial charge in [-0.25, -0.2) is 18.1 Å². The number of methoxy groups -OCH3 is 1. The van der Waals surface area contributed by atoms with Crippen LogP contribution in [0, 0.1) is 17.3 Å². The minimum atomic E-state index is -3.61. The van der Waals surface area contributed by atoms with Crippen LogP contribution < -0.4 is 9.62 Å². The van der Waals surface area contributed by atoms with Crippen LogP contribution >= 0.6 is 11.3 Å². The minimum absolute atomic E-state index is 0.253. The molecule has 2 N–H and O–H groups in total. The summed E-state index contributed by atoms with van der Waals surface area (Å²) in [6.45, 7) is 2.99. The van der Waals surface area contributed by atoms with Gasteiger partial charge in [-0.05, 0) is 61.6 Å². The van der Waals surface area contributed by atoms with E-state index in [2.05, 4.69) is 9.62 Å². The van der Waals surface area contributed by atoms with E-state index in [0.717, 1.165) is 47.9 Å². The van der Waals surface area contributed by atoms with Crippen LogP contribution in [-0.2, 0) is 14.8 Å². The van der Waals surface area contributed by atoms with Gasteiger partial charge >= 0.3 is 0 Å². The van der Waals surface area contributed by atoms with E-state index in [0.29, 0.717) is 23.7 Å². The van der Waals surface area contributed by atoms with E-state index in [1.165, 1.54) is 25.7 Å². The van der Waals surface area contributed by atoms with Gasteiger partial charge in [-0.3, -0.25) is 0 Å². The monoisotopic (exact) mass is 479 g/mol. The summed E-state index contributed by atoms with van der Waals surface area (Å²) in [4.78, 5) is 7.47. The predicted octanol–water partition coefficient (Wildman–Crippen LogP) is 3.38. The van der Waals surface area contributed by atoms with E-state index in [1.54, 1.807) is 36.6 Å². The van der Waals surface area contributed by atoms with E-state index >= 15 is 0 Å². The summed E-state index contributed by atoms with van der Waals surface area (Å²) in [6.07, 6.45) is 7.23. The van der Waals surface area contributed by atoms with Crippen LogP contribution in [0.5, 0.6) is 0 Å². The number of aromatic nitrogens is 1. The zero-order valence-corrected chi connectivity index (χ0v) is 20.3.